The molecule has 30 heavy (non-hydrogen) atoms. The zero-order chi connectivity index (χ0) is 22.1. The molecule has 0 radical (unpaired) electrons. The predicted molar refractivity (Wildman–Crippen MR) is 96.9 cm³/mol. The number of hydrogen-bond donors (Lipinski definition) is 2. The van der Waals surface area contributed by atoms with Gasteiger partial charge >= 0.3 is 6.18 Å². The topological polar surface area (TPSA) is 74.7 Å². The zero-order valence-electron chi connectivity index (χ0n) is 15.7. The summed E-state index contributed by atoms with van der Waals surface area (Å²) in [6, 6.07) is 4.60. The fraction of sp³-hybridized carbons (Fsp3) is 0.368. The Balaban J connectivity index is 1.86. The molecular weight excluding hydrogens is 413 g/mol. The minimum absolute atomic E-state index is 0.0233. The van der Waals surface area contributed by atoms with E-state index in [-0.39, 0.29) is 29.5 Å². The summed E-state index contributed by atoms with van der Waals surface area (Å²) >= 11 is 0. The second kappa shape index (κ2) is 8.05. The van der Waals surface area contributed by atoms with E-state index in [1.54, 1.807) is 6.92 Å². The molecule has 2 N–H and O–H groups in total. The van der Waals surface area contributed by atoms with Gasteiger partial charge in [-0.25, -0.2) is 13.8 Å². The van der Waals surface area contributed by atoms with Crippen LogP contribution >= 0.6 is 0 Å². The Morgan fingerprint density at radius 3 is 2.47 bits per heavy atom. The second-order valence-electron chi connectivity index (χ2n) is 6.94. The van der Waals surface area contributed by atoms with Crippen molar-refractivity contribution in [1.29, 1.82) is 0 Å². The van der Waals surface area contributed by atoms with Gasteiger partial charge in [-0.3, -0.25) is 4.79 Å². The van der Waals surface area contributed by atoms with Crippen LogP contribution in [0.25, 0.3) is 0 Å². The number of pyridine rings is 1. The molecular formula is C19H18F5N3O3. The van der Waals surface area contributed by atoms with Crippen LogP contribution in [0.5, 0.6) is 11.6 Å². The van der Waals surface area contributed by atoms with Gasteiger partial charge in [0, 0.05) is 12.2 Å². The molecule has 1 atom stereocenters. The number of ether oxygens (including phenoxy) is 1. The summed E-state index contributed by atoms with van der Waals surface area (Å²) in [5.41, 5.74) is -0.708. The number of nitrogens with one attached hydrogen (secondary N) is 1. The molecule has 0 unspecified atom stereocenters. The third kappa shape index (κ3) is 4.96. The summed E-state index contributed by atoms with van der Waals surface area (Å²) < 4.78 is 70.3. The molecule has 1 aliphatic heterocycles. The lowest BCUT2D eigenvalue weighted by Crippen LogP contribution is -2.56. The van der Waals surface area contributed by atoms with Gasteiger partial charge in [-0.15, -0.1) is 0 Å². The fourth-order valence-electron chi connectivity index (χ4n) is 2.73. The molecule has 1 aliphatic rings. The molecule has 2 heterocycles. The van der Waals surface area contributed by atoms with Crippen LogP contribution in [0.3, 0.4) is 0 Å². The maximum atomic E-state index is 13.3. The molecule has 1 fully saturated rings. The van der Waals surface area contributed by atoms with Crippen molar-refractivity contribution in [2.24, 2.45) is 0 Å². The number of anilines is 1. The summed E-state index contributed by atoms with van der Waals surface area (Å²) in [5.74, 6) is -3.58. The average molecular weight is 431 g/mol. The number of benzene rings is 1. The van der Waals surface area contributed by atoms with Crippen LogP contribution in [-0.4, -0.2) is 47.7 Å². The van der Waals surface area contributed by atoms with E-state index in [2.05, 4.69) is 10.3 Å². The van der Waals surface area contributed by atoms with Crippen molar-refractivity contribution in [3.63, 3.8) is 0 Å². The third-order valence-electron chi connectivity index (χ3n) is 4.33. The van der Waals surface area contributed by atoms with Gasteiger partial charge in [0.1, 0.15) is 11.4 Å². The molecule has 0 spiro atoms. The van der Waals surface area contributed by atoms with Crippen molar-refractivity contribution in [3.8, 4) is 11.6 Å². The van der Waals surface area contributed by atoms with Gasteiger partial charge in [0.15, 0.2) is 0 Å². The first-order valence-corrected chi connectivity index (χ1v) is 8.88. The maximum Gasteiger partial charge on any atom is 0.416 e. The standard InChI is InChI=1S/C19H18F5N3O3/c1-11(8-28)26-16(29)12-6-15(27-9-18(20,21)10-27)17(25-7-12)30-14-4-2-13(3-5-14)19(22,23)24/h2-7,11,28H,8-10H2,1H3,(H,26,29)/t11-/m1/s1. The molecule has 6 nitrogen and oxygen atoms in total. The van der Waals surface area contributed by atoms with Crippen molar-refractivity contribution >= 4 is 11.6 Å². The first-order chi connectivity index (χ1) is 14.0. The maximum absolute atomic E-state index is 13.3. The summed E-state index contributed by atoms with van der Waals surface area (Å²) in [4.78, 5) is 17.5. The first-order valence-electron chi connectivity index (χ1n) is 8.88. The van der Waals surface area contributed by atoms with E-state index in [0.717, 1.165) is 30.5 Å². The van der Waals surface area contributed by atoms with E-state index in [4.69, 9.17) is 9.84 Å². The van der Waals surface area contributed by atoms with Crippen LogP contribution < -0.4 is 15.0 Å². The van der Waals surface area contributed by atoms with Gasteiger partial charge in [-0.1, -0.05) is 0 Å². The highest BCUT2D eigenvalue weighted by Crippen LogP contribution is 2.39. The molecule has 1 saturated heterocycles. The zero-order valence-corrected chi connectivity index (χ0v) is 15.7. The lowest BCUT2D eigenvalue weighted by atomic mass is 10.1. The van der Waals surface area contributed by atoms with E-state index < -0.39 is 42.7 Å². The Bertz CT molecular complexity index is 911. The second-order valence-corrected chi connectivity index (χ2v) is 6.94. The third-order valence-corrected chi connectivity index (χ3v) is 4.33. The van der Waals surface area contributed by atoms with E-state index in [0.29, 0.717) is 0 Å². The minimum atomic E-state index is -4.51. The molecule has 1 amide bonds. The number of carbonyl (C=O) groups is 1. The van der Waals surface area contributed by atoms with Gasteiger partial charge in [0.2, 0.25) is 5.88 Å². The summed E-state index contributed by atoms with van der Waals surface area (Å²) in [7, 11) is 0. The van der Waals surface area contributed by atoms with Crippen molar-refractivity contribution in [2.75, 3.05) is 24.6 Å². The number of nitrogens with zero attached hydrogens (tertiary/aromatic N) is 2. The molecule has 1 aromatic carbocycles. The molecule has 1 aromatic heterocycles. The quantitative estimate of drug-likeness (QED) is 0.686. The van der Waals surface area contributed by atoms with Gasteiger partial charge in [-0.05, 0) is 37.3 Å². The number of carbonyl (C=O) groups excluding carboxylic acids is 1. The monoisotopic (exact) mass is 431 g/mol. The Labute approximate surface area is 168 Å². The number of aliphatic hydroxyl groups excluding tert-OH is 1. The molecule has 2 aromatic rings. The van der Waals surface area contributed by atoms with Crippen LogP contribution in [-0.2, 0) is 6.18 Å². The number of rotatable bonds is 6. The average Bonchev–Trinajstić information content (AvgIpc) is 2.66. The molecule has 0 bridgehead atoms. The summed E-state index contributed by atoms with van der Waals surface area (Å²) in [5, 5.41) is 11.6. The Hall–Kier alpha value is -2.95. The smallest absolute Gasteiger partial charge is 0.416 e. The Morgan fingerprint density at radius 1 is 1.30 bits per heavy atom. The van der Waals surface area contributed by atoms with Gasteiger partial charge in [0.25, 0.3) is 11.8 Å². The van der Waals surface area contributed by atoms with Crippen molar-refractivity contribution in [3.05, 3.63) is 47.7 Å². The van der Waals surface area contributed by atoms with Crippen LogP contribution in [0.4, 0.5) is 27.6 Å². The van der Waals surface area contributed by atoms with E-state index in [1.807, 2.05) is 0 Å². The summed E-state index contributed by atoms with van der Waals surface area (Å²) in [6.07, 6.45) is -3.36. The van der Waals surface area contributed by atoms with Crippen molar-refractivity contribution < 1.29 is 36.6 Å². The normalized spacial score (nSPS) is 16.6. The molecule has 11 heteroatoms. The van der Waals surface area contributed by atoms with Gasteiger partial charge in [-0.2, -0.15) is 13.2 Å². The molecule has 3 rings (SSSR count). The molecule has 162 valence electrons. The lowest BCUT2D eigenvalue weighted by molar-refractivity contribution is -0.137. The largest absolute Gasteiger partial charge is 0.437 e. The van der Waals surface area contributed by atoms with E-state index in [1.165, 1.54) is 11.0 Å². The van der Waals surface area contributed by atoms with Gasteiger partial charge in [0.05, 0.1) is 30.8 Å². The Kier molecular flexibility index (Phi) is 5.84. The number of aliphatic hydroxyl groups is 1. The number of amides is 1. The number of hydrogen-bond acceptors (Lipinski definition) is 5. The first kappa shape index (κ1) is 21.8. The molecule has 0 aliphatic carbocycles. The molecule has 0 saturated carbocycles. The van der Waals surface area contributed by atoms with Crippen molar-refractivity contribution in [1.82, 2.24) is 10.3 Å². The predicted octanol–water partition coefficient (Wildman–Crippen LogP) is 3.46. The van der Waals surface area contributed by atoms with Crippen LogP contribution in [0.1, 0.15) is 22.8 Å². The van der Waals surface area contributed by atoms with Crippen LogP contribution in [0.2, 0.25) is 0 Å². The summed E-state index contributed by atoms with van der Waals surface area (Å²) in [6.45, 7) is 0.0517. The van der Waals surface area contributed by atoms with Crippen molar-refractivity contribution in [2.45, 2.75) is 25.1 Å². The lowest BCUT2D eigenvalue weighted by Gasteiger charge is -2.40. The minimum Gasteiger partial charge on any atom is -0.437 e. The van der Waals surface area contributed by atoms with Crippen LogP contribution in [0, 0.1) is 0 Å². The SMILES string of the molecule is C[C@H](CO)NC(=O)c1cnc(Oc2ccc(C(F)(F)F)cc2)c(N2CC(F)(F)C2)c1. The fourth-order valence-corrected chi connectivity index (χ4v) is 2.73. The number of alkyl halides is 5. The van der Waals surface area contributed by atoms with Gasteiger partial charge < -0.3 is 20.1 Å². The highest BCUT2D eigenvalue weighted by molar-refractivity contribution is 5.95. The number of aromatic nitrogens is 1. The van der Waals surface area contributed by atoms with E-state index >= 15 is 0 Å². The highest BCUT2D eigenvalue weighted by Gasteiger charge is 2.45. The number of halogens is 5. The highest BCUT2D eigenvalue weighted by atomic mass is 19.4. The van der Waals surface area contributed by atoms with E-state index in [9.17, 15) is 26.7 Å². The Morgan fingerprint density at radius 2 is 1.93 bits per heavy atom. The van der Waals surface area contributed by atoms with Crippen LogP contribution in [0.15, 0.2) is 36.5 Å².